The third-order valence-corrected chi connectivity index (χ3v) is 6.80. The van der Waals surface area contributed by atoms with Gasteiger partial charge in [0.25, 0.3) is 6.43 Å². The molecule has 9 heteroatoms. The molecule has 6 nitrogen and oxygen atoms in total. The van der Waals surface area contributed by atoms with Gasteiger partial charge in [0.1, 0.15) is 28.2 Å². The third kappa shape index (κ3) is 5.98. The molecule has 0 bridgehead atoms. The van der Waals surface area contributed by atoms with Crippen molar-refractivity contribution in [1.29, 1.82) is 5.26 Å². The monoisotopic (exact) mass is 530 g/mol. The lowest BCUT2D eigenvalue weighted by atomic mass is 10.0. The van der Waals surface area contributed by atoms with Crippen molar-refractivity contribution >= 4 is 23.6 Å². The second-order valence-electron chi connectivity index (χ2n) is 8.41. The number of nitrogens with zero attached hydrogens (tertiary/aromatic N) is 4. The SMILES string of the molecule is COc1ccc(/C=C/C(=O)c2cc(C)nn2C)cc1CSc1nc(C(F)F)cc(-c2ccccc2)c1C#N. The average Bonchev–Trinajstić information content (AvgIpc) is 3.27. The molecule has 0 spiro atoms. The molecule has 0 aliphatic rings. The van der Waals surface area contributed by atoms with Gasteiger partial charge in [-0.3, -0.25) is 9.48 Å². The first-order valence-electron chi connectivity index (χ1n) is 11.6. The first-order chi connectivity index (χ1) is 18.3. The van der Waals surface area contributed by atoms with Gasteiger partial charge in [0.15, 0.2) is 0 Å². The van der Waals surface area contributed by atoms with E-state index in [0.29, 0.717) is 28.3 Å². The summed E-state index contributed by atoms with van der Waals surface area (Å²) in [6.07, 6.45) is 0.388. The Balaban J connectivity index is 1.63. The van der Waals surface area contributed by atoms with Gasteiger partial charge >= 0.3 is 0 Å². The summed E-state index contributed by atoms with van der Waals surface area (Å²) in [5.74, 6) is 0.720. The van der Waals surface area contributed by atoms with Crippen LogP contribution in [0.1, 0.15) is 45.0 Å². The van der Waals surface area contributed by atoms with E-state index < -0.39 is 12.1 Å². The maximum absolute atomic E-state index is 13.7. The summed E-state index contributed by atoms with van der Waals surface area (Å²) < 4.78 is 34.4. The lowest BCUT2D eigenvalue weighted by Gasteiger charge is -2.13. The van der Waals surface area contributed by atoms with E-state index in [0.717, 1.165) is 16.8 Å². The number of thioether (sulfide) groups is 1. The highest BCUT2D eigenvalue weighted by Gasteiger charge is 2.20. The third-order valence-electron chi connectivity index (χ3n) is 5.78. The number of nitriles is 1. The summed E-state index contributed by atoms with van der Waals surface area (Å²) in [7, 11) is 3.25. The van der Waals surface area contributed by atoms with Crippen molar-refractivity contribution in [3.63, 3.8) is 0 Å². The van der Waals surface area contributed by atoms with Gasteiger partial charge in [0, 0.05) is 23.9 Å². The molecule has 2 heterocycles. The van der Waals surface area contributed by atoms with Gasteiger partial charge in [-0.15, -0.1) is 11.8 Å². The minimum absolute atomic E-state index is 0.181. The molecule has 38 heavy (non-hydrogen) atoms. The first kappa shape index (κ1) is 26.8. The van der Waals surface area contributed by atoms with E-state index in [-0.39, 0.29) is 16.4 Å². The van der Waals surface area contributed by atoms with Crippen LogP contribution in [0.25, 0.3) is 17.2 Å². The minimum Gasteiger partial charge on any atom is -0.496 e. The highest BCUT2D eigenvalue weighted by molar-refractivity contribution is 7.98. The topological polar surface area (TPSA) is 80.8 Å². The van der Waals surface area contributed by atoms with E-state index in [2.05, 4.69) is 16.2 Å². The number of rotatable bonds is 9. The standard InChI is InChI=1S/C29H24F2N4O2S/c1-18-13-25(35(2)34-18)26(36)11-9-19-10-12-27(37-3)21(14-19)17-38-29-23(16-32)22(15-24(33-29)28(30)31)20-7-5-4-6-8-20/h4-15,28H,17H2,1-3H3/b11-9+. The molecule has 0 atom stereocenters. The fourth-order valence-electron chi connectivity index (χ4n) is 3.97. The maximum atomic E-state index is 13.7. The zero-order valence-electron chi connectivity index (χ0n) is 21.0. The average molecular weight is 531 g/mol. The van der Waals surface area contributed by atoms with Crippen molar-refractivity contribution < 1.29 is 18.3 Å². The molecule has 0 fully saturated rings. The van der Waals surface area contributed by atoms with Gasteiger partial charge in [-0.2, -0.15) is 10.4 Å². The summed E-state index contributed by atoms with van der Waals surface area (Å²) in [6, 6.07) is 19.5. The molecule has 2 aromatic carbocycles. The van der Waals surface area contributed by atoms with Gasteiger partial charge in [-0.1, -0.05) is 42.5 Å². The summed E-state index contributed by atoms with van der Waals surface area (Å²) in [4.78, 5) is 16.7. The Morgan fingerprint density at radius 2 is 1.95 bits per heavy atom. The normalized spacial score (nSPS) is 11.2. The molecule has 0 aliphatic carbocycles. The van der Waals surface area contributed by atoms with E-state index in [4.69, 9.17) is 4.74 Å². The number of alkyl halides is 2. The van der Waals surface area contributed by atoms with Crippen molar-refractivity contribution in [2.75, 3.05) is 7.11 Å². The number of carbonyl (C=O) groups is 1. The number of aromatic nitrogens is 3. The van der Waals surface area contributed by atoms with Crippen LogP contribution in [0.4, 0.5) is 8.78 Å². The molecule has 0 radical (unpaired) electrons. The predicted octanol–water partition coefficient (Wildman–Crippen LogP) is 6.80. The number of halogens is 2. The highest BCUT2D eigenvalue weighted by Crippen LogP contribution is 2.36. The van der Waals surface area contributed by atoms with Gasteiger partial charge in [0.2, 0.25) is 5.78 Å². The van der Waals surface area contributed by atoms with Crippen LogP contribution in [0.2, 0.25) is 0 Å². The molecule has 0 N–H and O–H groups in total. The number of hydrogen-bond donors (Lipinski definition) is 0. The van der Waals surface area contributed by atoms with Crippen LogP contribution in [0, 0.1) is 18.3 Å². The quantitative estimate of drug-likeness (QED) is 0.135. The molecule has 0 saturated carbocycles. The lowest BCUT2D eigenvalue weighted by molar-refractivity contribution is 0.103. The van der Waals surface area contributed by atoms with Crippen LogP contribution >= 0.6 is 11.8 Å². The number of allylic oxidation sites excluding steroid dienone is 1. The Morgan fingerprint density at radius 3 is 2.58 bits per heavy atom. The lowest BCUT2D eigenvalue weighted by Crippen LogP contribution is -2.03. The highest BCUT2D eigenvalue weighted by atomic mass is 32.2. The van der Waals surface area contributed by atoms with Crippen molar-refractivity contribution in [2.24, 2.45) is 7.05 Å². The minimum atomic E-state index is -2.78. The maximum Gasteiger partial charge on any atom is 0.280 e. The van der Waals surface area contributed by atoms with Crippen LogP contribution in [0.5, 0.6) is 5.75 Å². The molecule has 2 aromatic heterocycles. The number of ether oxygens (including phenoxy) is 1. The number of pyridine rings is 1. The van der Waals surface area contributed by atoms with Crippen molar-refractivity contribution in [3.05, 3.63) is 101 Å². The van der Waals surface area contributed by atoms with E-state index in [1.165, 1.54) is 35.7 Å². The molecular formula is C29H24F2N4O2S. The molecule has 0 saturated heterocycles. The smallest absolute Gasteiger partial charge is 0.280 e. The van der Waals surface area contributed by atoms with E-state index in [1.807, 2.05) is 25.1 Å². The fourth-order valence-corrected chi connectivity index (χ4v) is 4.96. The summed E-state index contributed by atoms with van der Waals surface area (Å²) in [5, 5.41) is 14.3. The molecular weight excluding hydrogens is 506 g/mol. The zero-order chi connectivity index (χ0) is 27.2. The second-order valence-corrected chi connectivity index (χ2v) is 9.37. The van der Waals surface area contributed by atoms with E-state index in [9.17, 15) is 18.8 Å². The number of benzene rings is 2. The summed E-state index contributed by atoms with van der Waals surface area (Å²) >= 11 is 1.18. The summed E-state index contributed by atoms with van der Waals surface area (Å²) in [5.41, 5.74) is 3.67. The summed E-state index contributed by atoms with van der Waals surface area (Å²) in [6.45, 7) is 1.82. The molecule has 4 rings (SSSR count). The van der Waals surface area contributed by atoms with E-state index >= 15 is 0 Å². The molecule has 0 amide bonds. The number of aryl methyl sites for hydroxylation is 2. The van der Waals surface area contributed by atoms with Gasteiger partial charge < -0.3 is 4.74 Å². The predicted molar refractivity (Wildman–Crippen MR) is 143 cm³/mol. The molecule has 0 aliphatic heterocycles. The Kier molecular flexibility index (Phi) is 8.34. The van der Waals surface area contributed by atoms with Crippen molar-refractivity contribution in [3.8, 4) is 22.9 Å². The largest absolute Gasteiger partial charge is 0.496 e. The number of hydrogen-bond acceptors (Lipinski definition) is 6. The van der Waals surface area contributed by atoms with Crippen LogP contribution < -0.4 is 4.74 Å². The van der Waals surface area contributed by atoms with E-state index in [1.54, 1.807) is 49.5 Å². The van der Waals surface area contributed by atoms with Crippen LogP contribution in [0.3, 0.4) is 0 Å². The van der Waals surface area contributed by atoms with Gasteiger partial charge in [0.05, 0.1) is 18.4 Å². The Morgan fingerprint density at radius 1 is 1.18 bits per heavy atom. The first-order valence-corrected chi connectivity index (χ1v) is 12.6. The van der Waals surface area contributed by atoms with Crippen LogP contribution in [-0.2, 0) is 12.8 Å². The molecule has 4 aromatic rings. The Labute approximate surface area is 223 Å². The van der Waals surface area contributed by atoms with Gasteiger partial charge in [-0.25, -0.2) is 13.8 Å². The van der Waals surface area contributed by atoms with Crippen LogP contribution in [0.15, 0.2) is 71.8 Å². The van der Waals surface area contributed by atoms with Gasteiger partial charge in [-0.05, 0) is 48.4 Å². The van der Waals surface area contributed by atoms with Crippen molar-refractivity contribution in [2.45, 2.75) is 24.1 Å². The number of methoxy groups -OCH3 is 1. The Hall–Kier alpha value is -4.29. The number of ketones is 1. The van der Waals surface area contributed by atoms with Crippen LogP contribution in [-0.4, -0.2) is 27.7 Å². The molecule has 0 unspecified atom stereocenters. The molecule has 192 valence electrons. The fraction of sp³-hybridized carbons (Fsp3) is 0.172. The van der Waals surface area contributed by atoms with Crippen molar-refractivity contribution in [1.82, 2.24) is 14.8 Å². The number of carbonyl (C=O) groups excluding carboxylic acids is 1. The zero-order valence-corrected chi connectivity index (χ0v) is 21.8. The second kappa shape index (κ2) is 11.8. The Bertz CT molecular complexity index is 1540.